The first-order valence-electron chi connectivity index (χ1n) is 8.56. The van der Waals surface area contributed by atoms with Crippen LogP contribution >= 0.6 is 11.3 Å². The highest BCUT2D eigenvalue weighted by Crippen LogP contribution is 2.29. The molecular formula is C20H19F3N2O2S. The van der Waals surface area contributed by atoms with Crippen LogP contribution in [0.2, 0.25) is 0 Å². The number of fused-ring (bicyclic) bond motifs is 1. The number of ether oxygens (including phenoxy) is 1. The molecule has 8 heteroatoms. The monoisotopic (exact) mass is 408 g/mol. The molecule has 3 aromatic rings. The first-order valence-corrected chi connectivity index (χ1v) is 9.38. The van der Waals surface area contributed by atoms with Crippen LogP contribution in [0.25, 0.3) is 10.2 Å². The highest BCUT2D eigenvalue weighted by Gasteiger charge is 2.30. The Morgan fingerprint density at radius 2 is 1.79 bits per heavy atom. The van der Waals surface area contributed by atoms with E-state index in [1.54, 1.807) is 7.11 Å². The minimum atomic E-state index is -4.44. The van der Waals surface area contributed by atoms with Crippen LogP contribution in [0.1, 0.15) is 27.0 Å². The van der Waals surface area contributed by atoms with Crippen molar-refractivity contribution in [2.45, 2.75) is 26.6 Å². The van der Waals surface area contributed by atoms with Gasteiger partial charge >= 0.3 is 6.18 Å². The molecule has 0 spiro atoms. The summed E-state index contributed by atoms with van der Waals surface area (Å²) in [5.41, 5.74) is 2.51. The molecule has 1 amide bonds. The molecule has 4 nitrogen and oxygen atoms in total. The molecule has 0 fully saturated rings. The van der Waals surface area contributed by atoms with Crippen LogP contribution in [0.3, 0.4) is 0 Å². The quantitative estimate of drug-likeness (QED) is 0.627. The summed E-state index contributed by atoms with van der Waals surface area (Å²) in [5, 5.41) is 0. The second-order valence-electron chi connectivity index (χ2n) is 6.43. The van der Waals surface area contributed by atoms with Gasteiger partial charge in [0.2, 0.25) is 0 Å². The number of aromatic nitrogens is 1. The molecule has 0 bridgehead atoms. The number of carbonyl (C=O) groups is 1. The van der Waals surface area contributed by atoms with Gasteiger partial charge in [0.1, 0.15) is 0 Å². The van der Waals surface area contributed by atoms with Crippen molar-refractivity contribution in [3.63, 3.8) is 0 Å². The van der Waals surface area contributed by atoms with Crippen molar-refractivity contribution in [3.8, 4) is 0 Å². The van der Waals surface area contributed by atoms with E-state index < -0.39 is 17.6 Å². The Bertz CT molecular complexity index is 1080. The first kappa shape index (κ1) is 20.3. The van der Waals surface area contributed by atoms with Crippen molar-refractivity contribution in [2.24, 2.45) is 4.99 Å². The van der Waals surface area contributed by atoms with Crippen LogP contribution in [0.15, 0.2) is 41.4 Å². The average molecular weight is 408 g/mol. The summed E-state index contributed by atoms with van der Waals surface area (Å²) in [4.78, 5) is 17.2. The molecule has 0 atom stereocenters. The highest BCUT2D eigenvalue weighted by atomic mass is 32.1. The molecular weight excluding hydrogens is 389 g/mol. The maximum atomic E-state index is 12.7. The lowest BCUT2D eigenvalue weighted by molar-refractivity contribution is -0.137. The number of hydrogen-bond donors (Lipinski definition) is 0. The van der Waals surface area contributed by atoms with Gasteiger partial charge in [-0.05, 0) is 61.4 Å². The molecule has 148 valence electrons. The lowest BCUT2D eigenvalue weighted by Gasteiger charge is -2.07. The Balaban J connectivity index is 2.05. The summed E-state index contributed by atoms with van der Waals surface area (Å²) < 4.78 is 46.1. The van der Waals surface area contributed by atoms with Crippen molar-refractivity contribution >= 4 is 27.5 Å². The number of nitrogens with zero attached hydrogens (tertiary/aromatic N) is 2. The molecule has 0 unspecified atom stereocenters. The van der Waals surface area contributed by atoms with Gasteiger partial charge in [0.05, 0.1) is 22.4 Å². The number of hydrogen-bond acceptors (Lipinski definition) is 3. The number of methoxy groups -OCH3 is 1. The topological polar surface area (TPSA) is 43.6 Å². The number of rotatable bonds is 4. The normalized spacial score (nSPS) is 12.7. The smallest absolute Gasteiger partial charge is 0.383 e. The molecule has 0 aliphatic heterocycles. The van der Waals surface area contributed by atoms with Gasteiger partial charge in [-0.25, -0.2) is 0 Å². The van der Waals surface area contributed by atoms with Gasteiger partial charge in [0.25, 0.3) is 5.91 Å². The Hall–Kier alpha value is -2.45. The number of benzene rings is 2. The van der Waals surface area contributed by atoms with Gasteiger partial charge in [0.15, 0.2) is 4.80 Å². The van der Waals surface area contributed by atoms with Crippen LogP contribution in [0.5, 0.6) is 0 Å². The molecule has 1 heterocycles. The minimum Gasteiger partial charge on any atom is -0.383 e. The van der Waals surface area contributed by atoms with Crippen LogP contribution in [-0.4, -0.2) is 24.2 Å². The van der Waals surface area contributed by atoms with Gasteiger partial charge in [0, 0.05) is 19.2 Å². The minimum absolute atomic E-state index is 0.108. The second kappa shape index (κ2) is 7.89. The maximum Gasteiger partial charge on any atom is 0.416 e. The number of halogens is 3. The molecule has 0 N–H and O–H groups in total. The number of thiazole rings is 1. The molecule has 0 radical (unpaired) electrons. The lowest BCUT2D eigenvalue weighted by Crippen LogP contribution is -2.19. The Kier molecular flexibility index (Phi) is 5.71. The van der Waals surface area contributed by atoms with E-state index in [1.807, 2.05) is 30.5 Å². The van der Waals surface area contributed by atoms with E-state index in [0.717, 1.165) is 45.6 Å². The van der Waals surface area contributed by atoms with Crippen LogP contribution in [0.4, 0.5) is 13.2 Å². The molecule has 0 saturated heterocycles. The van der Waals surface area contributed by atoms with E-state index in [2.05, 4.69) is 4.99 Å². The van der Waals surface area contributed by atoms with Crippen molar-refractivity contribution in [3.05, 3.63) is 63.5 Å². The summed E-state index contributed by atoms with van der Waals surface area (Å²) in [6.45, 7) is 4.98. The average Bonchev–Trinajstić information content (AvgIpc) is 2.95. The van der Waals surface area contributed by atoms with E-state index >= 15 is 0 Å². The number of amides is 1. The molecule has 0 aliphatic carbocycles. The summed E-state index contributed by atoms with van der Waals surface area (Å²) in [6, 6.07) is 8.16. The number of carbonyl (C=O) groups excluding carboxylic acids is 1. The van der Waals surface area contributed by atoms with Crippen LogP contribution in [0, 0.1) is 13.8 Å². The van der Waals surface area contributed by atoms with E-state index in [1.165, 1.54) is 11.3 Å². The third kappa shape index (κ3) is 4.18. The third-order valence-electron chi connectivity index (χ3n) is 4.47. The first-order chi connectivity index (χ1) is 13.2. The van der Waals surface area contributed by atoms with E-state index in [-0.39, 0.29) is 5.56 Å². The van der Waals surface area contributed by atoms with Gasteiger partial charge in [-0.2, -0.15) is 18.2 Å². The molecule has 28 heavy (non-hydrogen) atoms. The summed E-state index contributed by atoms with van der Waals surface area (Å²) >= 11 is 1.37. The molecule has 2 aromatic carbocycles. The SMILES string of the molecule is COCCn1c(=NC(=O)c2ccc(C(F)(F)F)cc2)sc2cc(C)c(C)cc21. The predicted molar refractivity (Wildman–Crippen MR) is 103 cm³/mol. The van der Waals surface area contributed by atoms with Gasteiger partial charge in [-0.1, -0.05) is 11.3 Å². The fourth-order valence-corrected chi connectivity index (χ4v) is 3.89. The van der Waals surface area contributed by atoms with Crippen LogP contribution in [-0.2, 0) is 17.5 Å². The number of alkyl halides is 3. The van der Waals surface area contributed by atoms with E-state index in [9.17, 15) is 18.0 Å². The molecule has 0 saturated carbocycles. The molecule has 3 rings (SSSR count). The predicted octanol–water partition coefficient (Wildman–Crippen LogP) is 4.73. The standard InChI is InChI=1S/C20H19F3N2O2S/c1-12-10-16-17(11-13(12)2)28-19(25(16)8-9-27-3)24-18(26)14-4-6-15(7-5-14)20(21,22)23/h4-7,10-11H,8-9H2,1-3H3. The lowest BCUT2D eigenvalue weighted by atomic mass is 10.1. The van der Waals surface area contributed by atoms with Crippen molar-refractivity contribution in [2.75, 3.05) is 13.7 Å². The summed E-state index contributed by atoms with van der Waals surface area (Å²) in [7, 11) is 1.59. The fourth-order valence-electron chi connectivity index (χ4n) is 2.76. The molecule has 1 aromatic heterocycles. The van der Waals surface area contributed by atoms with Crippen molar-refractivity contribution in [1.29, 1.82) is 0 Å². The zero-order chi connectivity index (χ0) is 20.5. The second-order valence-corrected chi connectivity index (χ2v) is 7.43. The Morgan fingerprint density at radius 3 is 2.39 bits per heavy atom. The largest absolute Gasteiger partial charge is 0.416 e. The number of aryl methyl sites for hydroxylation is 2. The fraction of sp³-hybridized carbons (Fsp3) is 0.300. The summed E-state index contributed by atoms with van der Waals surface area (Å²) in [5.74, 6) is -0.583. The van der Waals surface area contributed by atoms with E-state index in [0.29, 0.717) is 18.0 Å². The van der Waals surface area contributed by atoms with Crippen LogP contribution < -0.4 is 4.80 Å². The van der Waals surface area contributed by atoms with Gasteiger partial charge < -0.3 is 9.30 Å². The highest BCUT2D eigenvalue weighted by molar-refractivity contribution is 7.16. The molecule has 0 aliphatic rings. The summed E-state index contributed by atoms with van der Waals surface area (Å²) in [6.07, 6.45) is -4.44. The zero-order valence-electron chi connectivity index (χ0n) is 15.6. The van der Waals surface area contributed by atoms with Gasteiger partial charge in [-0.3, -0.25) is 4.79 Å². The zero-order valence-corrected chi connectivity index (χ0v) is 16.4. The maximum absolute atomic E-state index is 12.7. The Morgan fingerprint density at radius 1 is 1.14 bits per heavy atom. The van der Waals surface area contributed by atoms with Crippen molar-refractivity contribution in [1.82, 2.24) is 4.57 Å². The van der Waals surface area contributed by atoms with Gasteiger partial charge in [-0.15, -0.1) is 0 Å². The Labute approximate surface area is 163 Å². The van der Waals surface area contributed by atoms with Crippen molar-refractivity contribution < 1.29 is 22.7 Å². The third-order valence-corrected chi connectivity index (χ3v) is 5.51. The van der Waals surface area contributed by atoms with E-state index in [4.69, 9.17) is 4.74 Å².